The van der Waals surface area contributed by atoms with Crippen molar-refractivity contribution in [3.63, 3.8) is 0 Å². The number of carbonyl (C=O) groups is 1. The zero-order valence-corrected chi connectivity index (χ0v) is 13.4. The van der Waals surface area contributed by atoms with Gasteiger partial charge in [-0.25, -0.2) is 4.79 Å². The fourth-order valence-corrected chi connectivity index (χ4v) is 3.59. The molecular formula is C18H27NO2. The molecule has 21 heavy (non-hydrogen) atoms. The van der Waals surface area contributed by atoms with Crippen molar-refractivity contribution in [2.75, 3.05) is 13.6 Å². The van der Waals surface area contributed by atoms with Gasteiger partial charge in [-0.3, -0.25) is 0 Å². The van der Waals surface area contributed by atoms with E-state index in [1.165, 1.54) is 19.3 Å². The van der Waals surface area contributed by atoms with Crippen molar-refractivity contribution < 1.29 is 9.90 Å². The maximum Gasteiger partial charge on any atom is 0.335 e. The van der Waals surface area contributed by atoms with Crippen LogP contribution in [0.5, 0.6) is 0 Å². The molecule has 3 atom stereocenters. The molecule has 1 aliphatic rings. The largest absolute Gasteiger partial charge is 0.478 e. The number of carboxylic acids is 1. The number of hydrogen-bond acceptors (Lipinski definition) is 2. The molecule has 0 amide bonds. The molecule has 0 spiro atoms. The first-order valence-corrected chi connectivity index (χ1v) is 8.02. The van der Waals surface area contributed by atoms with Crippen LogP contribution in [0.1, 0.15) is 49.0 Å². The Labute approximate surface area is 128 Å². The van der Waals surface area contributed by atoms with Gasteiger partial charge in [0.25, 0.3) is 0 Å². The van der Waals surface area contributed by atoms with Crippen molar-refractivity contribution in [3.05, 3.63) is 35.4 Å². The van der Waals surface area contributed by atoms with Crippen molar-refractivity contribution in [2.45, 2.75) is 45.6 Å². The van der Waals surface area contributed by atoms with E-state index in [-0.39, 0.29) is 0 Å². The average molecular weight is 289 g/mol. The fraction of sp³-hybridized carbons (Fsp3) is 0.611. The third-order valence-electron chi connectivity index (χ3n) is 5.21. The van der Waals surface area contributed by atoms with Crippen LogP contribution < -0.4 is 0 Å². The van der Waals surface area contributed by atoms with Crippen LogP contribution in [0.4, 0.5) is 0 Å². The van der Waals surface area contributed by atoms with Crippen molar-refractivity contribution in [1.29, 1.82) is 0 Å². The second kappa shape index (κ2) is 7.08. The number of aromatic carboxylic acids is 1. The Balaban J connectivity index is 1.98. The summed E-state index contributed by atoms with van der Waals surface area (Å²) in [6, 6.07) is 7.98. The molecular weight excluding hydrogens is 262 g/mol. The summed E-state index contributed by atoms with van der Waals surface area (Å²) in [6.45, 7) is 5.63. The smallest absolute Gasteiger partial charge is 0.335 e. The summed E-state index contributed by atoms with van der Waals surface area (Å²) < 4.78 is 0. The molecule has 0 heterocycles. The van der Waals surface area contributed by atoms with Crippen LogP contribution in [0.3, 0.4) is 0 Å². The van der Waals surface area contributed by atoms with Crippen LogP contribution in [0.15, 0.2) is 24.3 Å². The van der Waals surface area contributed by atoms with Crippen molar-refractivity contribution in [2.24, 2.45) is 11.8 Å². The van der Waals surface area contributed by atoms with Gasteiger partial charge in [-0.15, -0.1) is 0 Å². The molecule has 3 nitrogen and oxygen atoms in total. The summed E-state index contributed by atoms with van der Waals surface area (Å²) in [5, 5.41) is 9.24. The Bertz CT molecular complexity index is 486. The van der Waals surface area contributed by atoms with E-state index in [2.05, 4.69) is 25.8 Å². The van der Waals surface area contributed by atoms with Gasteiger partial charge in [0.05, 0.1) is 5.56 Å². The molecule has 1 N–H and O–H groups in total. The first kappa shape index (κ1) is 16.0. The summed E-state index contributed by atoms with van der Waals surface area (Å²) in [7, 11) is 2.18. The lowest BCUT2D eigenvalue weighted by atomic mass is 9.77. The van der Waals surface area contributed by atoms with Gasteiger partial charge in [-0.1, -0.05) is 44.9 Å². The Morgan fingerprint density at radius 1 is 1.29 bits per heavy atom. The van der Waals surface area contributed by atoms with Crippen molar-refractivity contribution in [3.8, 4) is 0 Å². The monoisotopic (exact) mass is 289 g/mol. The summed E-state index contributed by atoms with van der Waals surface area (Å²) >= 11 is 0. The van der Waals surface area contributed by atoms with Gasteiger partial charge in [0.2, 0.25) is 0 Å². The Hall–Kier alpha value is -1.35. The molecule has 0 radical (unpaired) electrons. The van der Waals surface area contributed by atoms with E-state index < -0.39 is 5.97 Å². The molecule has 1 saturated carbocycles. The summed E-state index contributed by atoms with van der Waals surface area (Å²) in [5.41, 5.74) is 1.38. The first-order valence-electron chi connectivity index (χ1n) is 8.02. The molecule has 2 rings (SSSR count). The van der Waals surface area contributed by atoms with Crippen LogP contribution in [-0.4, -0.2) is 35.6 Å². The number of carboxylic acid groups (broad SMARTS) is 1. The molecule has 0 bridgehead atoms. The fourth-order valence-electron chi connectivity index (χ4n) is 3.59. The minimum Gasteiger partial charge on any atom is -0.478 e. The minimum atomic E-state index is -0.826. The standard InChI is InChI=1S/C18H27NO2/c1-13-7-6-10-17(14(13)2)19(3)12-11-15-8-4-5-9-16(15)18(20)21/h4-5,8-9,13-14,17H,6-7,10-12H2,1-3H3,(H,20,21). The van der Waals surface area contributed by atoms with Gasteiger partial charge in [0.1, 0.15) is 0 Å². The highest BCUT2D eigenvalue weighted by atomic mass is 16.4. The van der Waals surface area contributed by atoms with E-state index in [4.69, 9.17) is 0 Å². The lowest BCUT2D eigenvalue weighted by Crippen LogP contribution is -2.42. The number of rotatable bonds is 5. The van der Waals surface area contributed by atoms with Crippen LogP contribution in [-0.2, 0) is 6.42 Å². The molecule has 0 aromatic heterocycles. The SMILES string of the molecule is CC1CCCC(N(C)CCc2ccccc2C(=O)O)C1C. The summed E-state index contributed by atoms with van der Waals surface area (Å²) in [5.74, 6) is 0.684. The van der Waals surface area contributed by atoms with E-state index >= 15 is 0 Å². The van der Waals surface area contributed by atoms with E-state index in [1.54, 1.807) is 12.1 Å². The summed E-state index contributed by atoms with van der Waals surface area (Å²) in [6.07, 6.45) is 4.72. The normalized spacial score (nSPS) is 26.0. The molecule has 0 saturated heterocycles. The molecule has 0 aliphatic heterocycles. The van der Waals surface area contributed by atoms with Crippen LogP contribution in [0.2, 0.25) is 0 Å². The number of likely N-dealkylation sites (N-methyl/N-ethyl adjacent to an activating group) is 1. The second-order valence-electron chi connectivity index (χ2n) is 6.53. The van der Waals surface area contributed by atoms with E-state index in [0.29, 0.717) is 11.6 Å². The zero-order valence-electron chi connectivity index (χ0n) is 13.4. The lowest BCUT2D eigenvalue weighted by molar-refractivity contribution is 0.0695. The number of nitrogens with zero attached hydrogens (tertiary/aromatic N) is 1. The van der Waals surface area contributed by atoms with Gasteiger partial charge in [0.15, 0.2) is 0 Å². The molecule has 116 valence electrons. The predicted molar refractivity (Wildman–Crippen MR) is 85.7 cm³/mol. The summed E-state index contributed by atoms with van der Waals surface area (Å²) in [4.78, 5) is 13.7. The lowest BCUT2D eigenvalue weighted by Gasteiger charge is -2.40. The van der Waals surface area contributed by atoms with Gasteiger partial charge >= 0.3 is 5.97 Å². The third kappa shape index (κ3) is 3.85. The highest BCUT2D eigenvalue weighted by Crippen LogP contribution is 2.32. The zero-order chi connectivity index (χ0) is 15.4. The van der Waals surface area contributed by atoms with Crippen molar-refractivity contribution >= 4 is 5.97 Å². The Morgan fingerprint density at radius 3 is 2.71 bits per heavy atom. The van der Waals surface area contributed by atoms with Gasteiger partial charge in [-0.2, -0.15) is 0 Å². The highest BCUT2D eigenvalue weighted by Gasteiger charge is 2.29. The highest BCUT2D eigenvalue weighted by molar-refractivity contribution is 5.89. The molecule has 1 aromatic rings. The van der Waals surface area contributed by atoms with Crippen molar-refractivity contribution in [1.82, 2.24) is 4.90 Å². The Morgan fingerprint density at radius 2 is 2.00 bits per heavy atom. The molecule has 3 heteroatoms. The maximum absolute atomic E-state index is 11.2. The van der Waals surface area contributed by atoms with Gasteiger partial charge in [0, 0.05) is 12.6 Å². The third-order valence-corrected chi connectivity index (χ3v) is 5.21. The minimum absolute atomic E-state index is 0.441. The molecule has 3 unspecified atom stereocenters. The molecule has 1 aliphatic carbocycles. The molecule has 1 aromatic carbocycles. The second-order valence-corrected chi connectivity index (χ2v) is 6.53. The van der Waals surface area contributed by atoms with Crippen LogP contribution in [0, 0.1) is 11.8 Å². The number of hydrogen-bond donors (Lipinski definition) is 1. The Kier molecular flexibility index (Phi) is 5.40. The van der Waals surface area contributed by atoms with Crippen LogP contribution in [0.25, 0.3) is 0 Å². The van der Waals surface area contributed by atoms with Gasteiger partial charge in [-0.05, 0) is 43.4 Å². The predicted octanol–water partition coefficient (Wildman–Crippen LogP) is 3.68. The first-order chi connectivity index (χ1) is 10.0. The maximum atomic E-state index is 11.2. The number of benzene rings is 1. The van der Waals surface area contributed by atoms with E-state index in [0.717, 1.165) is 30.4 Å². The average Bonchev–Trinajstić information content (AvgIpc) is 2.47. The van der Waals surface area contributed by atoms with Gasteiger partial charge < -0.3 is 10.0 Å². The quantitative estimate of drug-likeness (QED) is 0.899. The topological polar surface area (TPSA) is 40.5 Å². The molecule has 1 fully saturated rings. The van der Waals surface area contributed by atoms with Crippen LogP contribution >= 0.6 is 0 Å². The van der Waals surface area contributed by atoms with E-state index in [1.807, 2.05) is 12.1 Å². The van der Waals surface area contributed by atoms with E-state index in [9.17, 15) is 9.90 Å².